The Hall–Kier alpha value is -1.68. The van der Waals surface area contributed by atoms with Crippen molar-refractivity contribution < 1.29 is 0 Å². The van der Waals surface area contributed by atoms with Gasteiger partial charge in [-0.15, -0.1) is 0 Å². The Morgan fingerprint density at radius 3 is 2.94 bits per heavy atom. The fourth-order valence-electron chi connectivity index (χ4n) is 2.43. The van der Waals surface area contributed by atoms with Crippen LogP contribution in [0.15, 0.2) is 30.6 Å². The third-order valence-corrected chi connectivity index (χ3v) is 3.46. The molecule has 0 saturated carbocycles. The van der Waals surface area contributed by atoms with Crippen molar-refractivity contribution in [3.8, 4) is 0 Å². The van der Waals surface area contributed by atoms with E-state index in [-0.39, 0.29) is 0 Å². The Bertz CT molecular complexity index is 520. The molecule has 1 atom stereocenters. The summed E-state index contributed by atoms with van der Waals surface area (Å²) in [4.78, 5) is 8.59. The standard InChI is InChI=1S/C14H18N4/c1-2-11(9-15-5-1)10-18-12-3-4-13-14(8-12)17-7-6-16-13/h3-4,6-8,11,15,18H,1-2,5,9-10H2. The highest BCUT2D eigenvalue weighted by Crippen LogP contribution is 2.16. The minimum Gasteiger partial charge on any atom is -0.385 e. The Labute approximate surface area is 107 Å². The van der Waals surface area contributed by atoms with Crippen LogP contribution in [0.5, 0.6) is 0 Å². The first-order valence-electron chi connectivity index (χ1n) is 6.57. The summed E-state index contributed by atoms with van der Waals surface area (Å²) in [5.74, 6) is 0.733. The maximum Gasteiger partial charge on any atom is 0.0907 e. The lowest BCUT2D eigenvalue weighted by Crippen LogP contribution is -2.33. The first kappa shape index (κ1) is 11.4. The van der Waals surface area contributed by atoms with Crippen molar-refractivity contribution in [3.63, 3.8) is 0 Å². The summed E-state index contributed by atoms with van der Waals surface area (Å²) < 4.78 is 0. The van der Waals surface area contributed by atoms with Crippen LogP contribution in [0, 0.1) is 5.92 Å². The first-order valence-corrected chi connectivity index (χ1v) is 6.57. The SMILES string of the molecule is c1cnc2cc(NCC3CCCNC3)ccc2n1. The van der Waals surface area contributed by atoms with Crippen LogP contribution >= 0.6 is 0 Å². The van der Waals surface area contributed by atoms with Crippen molar-refractivity contribution in [1.82, 2.24) is 15.3 Å². The molecule has 1 aliphatic rings. The summed E-state index contributed by atoms with van der Waals surface area (Å²) in [6.07, 6.45) is 6.06. The molecule has 18 heavy (non-hydrogen) atoms. The molecule has 2 heterocycles. The molecule has 3 rings (SSSR count). The second-order valence-corrected chi connectivity index (χ2v) is 4.85. The molecule has 94 valence electrons. The second kappa shape index (κ2) is 5.31. The maximum atomic E-state index is 4.32. The van der Waals surface area contributed by atoms with Gasteiger partial charge in [-0.05, 0) is 50.0 Å². The highest BCUT2D eigenvalue weighted by molar-refractivity contribution is 5.78. The van der Waals surface area contributed by atoms with E-state index in [2.05, 4.69) is 32.7 Å². The fraction of sp³-hybridized carbons (Fsp3) is 0.429. The fourth-order valence-corrected chi connectivity index (χ4v) is 2.43. The van der Waals surface area contributed by atoms with Crippen molar-refractivity contribution in [2.24, 2.45) is 5.92 Å². The third kappa shape index (κ3) is 2.59. The lowest BCUT2D eigenvalue weighted by atomic mass is 10.00. The number of fused-ring (bicyclic) bond motifs is 1. The van der Waals surface area contributed by atoms with Gasteiger partial charge >= 0.3 is 0 Å². The number of hydrogen-bond donors (Lipinski definition) is 2. The van der Waals surface area contributed by atoms with Crippen molar-refractivity contribution in [2.45, 2.75) is 12.8 Å². The largest absolute Gasteiger partial charge is 0.385 e. The van der Waals surface area contributed by atoms with E-state index in [1.807, 2.05) is 6.07 Å². The van der Waals surface area contributed by atoms with Crippen LogP contribution in [0.1, 0.15) is 12.8 Å². The number of nitrogens with one attached hydrogen (secondary N) is 2. The van der Waals surface area contributed by atoms with Gasteiger partial charge in [-0.2, -0.15) is 0 Å². The van der Waals surface area contributed by atoms with Gasteiger partial charge in [0.25, 0.3) is 0 Å². The van der Waals surface area contributed by atoms with Gasteiger partial charge in [0, 0.05) is 24.6 Å². The quantitative estimate of drug-likeness (QED) is 0.865. The Morgan fingerprint density at radius 2 is 2.11 bits per heavy atom. The summed E-state index contributed by atoms with van der Waals surface area (Å²) in [5.41, 5.74) is 3.03. The molecule has 1 fully saturated rings. The van der Waals surface area contributed by atoms with Crippen molar-refractivity contribution in [1.29, 1.82) is 0 Å². The molecule has 4 heteroatoms. The molecule has 4 nitrogen and oxygen atoms in total. The zero-order valence-electron chi connectivity index (χ0n) is 10.4. The predicted molar refractivity (Wildman–Crippen MR) is 73.6 cm³/mol. The summed E-state index contributed by atoms with van der Waals surface area (Å²) in [5, 5.41) is 6.94. The normalized spacial score (nSPS) is 19.9. The minimum absolute atomic E-state index is 0.733. The number of rotatable bonds is 3. The van der Waals surface area contributed by atoms with Gasteiger partial charge in [0.2, 0.25) is 0 Å². The molecule has 0 radical (unpaired) electrons. The number of benzene rings is 1. The van der Waals surface area contributed by atoms with Crippen LogP contribution in [-0.4, -0.2) is 29.6 Å². The van der Waals surface area contributed by atoms with Gasteiger partial charge in [0.05, 0.1) is 11.0 Å². The zero-order valence-corrected chi connectivity index (χ0v) is 10.4. The van der Waals surface area contributed by atoms with Crippen LogP contribution in [0.3, 0.4) is 0 Å². The van der Waals surface area contributed by atoms with E-state index in [4.69, 9.17) is 0 Å². The molecular formula is C14H18N4. The van der Waals surface area contributed by atoms with Crippen LogP contribution in [0.25, 0.3) is 11.0 Å². The minimum atomic E-state index is 0.733. The number of anilines is 1. The second-order valence-electron chi connectivity index (χ2n) is 4.85. The number of hydrogen-bond acceptors (Lipinski definition) is 4. The van der Waals surface area contributed by atoms with E-state index >= 15 is 0 Å². The topological polar surface area (TPSA) is 49.8 Å². The molecule has 1 aromatic heterocycles. The number of nitrogens with zero attached hydrogens (tertiary/aromatic N) is 2. The van der Waals surface area contributed by atoms with Gasteiger partial charge in [-0.1, -0.05) is 0 Å². The molecule has 0 amide bonds. The Balaban J connectivity index is 1.66. The van der Waals surface area contributed by atoms with E-state index in [9.17, 15) is 0 Å². The van der Waals surface area contributed by atoms with E-state index in [0.29, 0.717) is 0 Å². The summed E-state index contributed by atoms with van der Waals surface area (Å²) in [7, 11) is 0. The molecule has 0 aliphatic carbocycles. The van der Waals surface area contributed by atoms with Crippen LogP contribution in [-0.2, 0) is 0 Å². The third-order valence-electron chi connectivity index (χ3n) is 3.46. The average Bonchev–Trinajstić information content (AvgIpc) is 2.46. The molecule has 2 N–H and O–H groups in total. The summed E-state index contributed by atoms with van der Waals surface area (Å²) in [6.45, 7) is 3.32. The highest BCUT2D eigenvalue weighted by Gasteiger charge is 2.12. The van der Waals surface area contributed by atoms with Crippen molar-refractivity contribution >= 4 is 16.7 Å². The molecule has 1 unspecified atom stereocenters. The summed E-state index contributed by atoms with van der Waals surface area (Å²) >= 11 is 0. The predicted octanol–water partition coefficient (Wildman–Crippen LogP) is 2.04. The Morgan fingerprint density at radius 1 is 1.22 bits per heavy atom. The smallest absolute Gasteiger partial charge is 0.0907 e. The van der Waals surface area contributed by atoms with Gasteiger partial charge in [-0.3, -0.25) is 9.97 Å². The van der Waals surface area contributed by atoms with E-state index in [0.717, 1.165) is 35.7 Å². The monoisotopic (exact) mass is 242 g/mol. The molecule has 1 aromatic carbocycles. The van der Waals surface area contributed by atoms with E-state index < -0.39 is 0 Å². The number of aromatic nitrogens is 2. The molecule has 1 aliphatic heterocycles. The number of piperidine rings is 1. The van der Waals surface area contributed by atoms with Crippen LogP contribution < -0.4 is 10.6 Å². The van der Waals surface area contributed by atoms with Crippen LogP contribution in [0.2, 0.25) is 0 Å². The van der Waals surface area contributed by atoms with Gasteiger partial charge in [0.1, 0.15) is 0 Å². The molecule has 0 spiro atoms. The van der Waals surface area contributed by atoms with Gasteiger partial charge in [0.15, 0.2) is 0 Å². The molecule has 2 aromatic rings. The lowest BCUT2D eigenvalue weighted by Gasteiger charge is -2.23. The maximum absolute atomic E-state index is 4.32. The molecule has 1 saturated heterocycles. The van der Waals surface area contributed by atoms with Crippen molar-refractivity contribution in [3.05, 3.63) is 30.6 Å². The highest BCUT2D eigenvalue weighted by atomic mass is 14.9. The van der Waals surface area contributed by atoms with E-state index in [1.54, 1.807) is 12.4 Å². The lowest BCUT2D eigenvalue weighted by molar-refractivity contribution is 0.393. The first-order chi connectivity index (χ1) is 8.92. The average molecular weight is 242 g/mol. The Kier molecular flexibility index (Phi) is 3.37. The molecule has 0 bridgehead atoms. The van der Waals surface area contributed by atoms with E-state index in [1.165, 1.54) is 19.4 Å². The zero-order chi connectivity index (χ0) is 12.2. The van der Waals surface area contributed by atoms with Gasteiger partial charge < -0.3 is 10.6 Å². The summed E-state index contributed by atoms with van der Waals surface area (Å²) in [6, 6.07) is 6.16. The van der Waals surface area contributed by atoms with Gasteiger partial charge in [-0.25, -0.2) is 0 Å². The van der Waals surface area contributed by atoms with Crippen LogP contribution in [0.4, 0.5) is 5.69 Å². The molecular weight excluding hydrogens is 224 g/mol. The van der Waals surface area contributed by atoms with Crippen molar-refractivity contribution in [2.75, 3.05) is 25.0 Å².